The summed E-state index contributed by atoms with van der Waals surface area (Å²) in [6, 6.07) is 5.51. The van der Waals surface area contributed by atoms with Crippen molar-refractivity contribution in [3.8, 4) is 0 Å². The van der Waals surface area contributed by atoms with E-state index in [1.165, 1.54) is 0 Å². The van der Waals surface area contributed by atoms with E-state index >= 15 is 0 Å². The van der Waals surface area contributed by atoms with Gasteiger partial charge in [-0.2, -0.15) is 0 Å². The van der Waals surface area contributed by atoms with Gasteiger partial charge in [0, 0.05) is 16.6 Å². The lowest BCUT2D eigenvalue weighted by Crippen LogP contribution is -2.37. The Labute approximate surface area is 133 Å². The highest BCUT2D eigenvalue weighted by Crippen LogP contribution is 2.30. The Morgan fingerprint density at radius 2 is 2.05 bits per heavy atom. The third-order valence-electron chi connectivity index (χ3n) is 4.26. The van der Waals surface area contributed by atoms with Crippen molar-refractivity contribution >= 4 is 27.8 Å². The zero-order valence-corrected chi connectivity index (χ0v) is 13.6. The lowest BCUT2D eigenvalue weighted by Gasteiger charge is -2.28. The number of hydrogen-bond acceptors (Lipinski definition) is 2. The van der Waals surface area contributed by atoms with E-state index in [0.29, 0.717) is 18.5 Å². The number of carbonyl (C=O) groups is 2. The number of carboxylic acids is 1. The first kappa shape index (κ1) is 16.0. The number of halogens is 1. The molecule has 0 aromatic heterocycles. The molecule has 2 unspecified atom stereocenters. The molecule has 1 aromatic rings. The normalized spacial score (nSPS) is 21.8. The molecular weight excluding hydrogens is 334 g/mol. The number of carboxylic acid groups (broad SMARTS) is 1. The van der Waals surface area contributed by atoms with Crippen LogP contribution in [0.5, 0.6) is 0 Å². The summed E-state index contributed by atoms with van der Waals surface area (Å²) in [5.74, 6) is -1.17. The Hall–Kier alpha value is -1.36. The smallest absolute Gasteiger partial charge is 0.306 e. The van der Waals surface area contributed by atoms with Gasteiger partial charge in [-0.05, 0) is 43.4 Å². The molecule has 1 aliphatic rings. The van der Waals surface area contributed by atoms with Gasteiger partial charge in [0.25, 0.3) is 5.91 Å². The lowest BCUT2D eigenvalue weighted by molar-refractivity contribution is -0.144. The first-order chi connectivity index (χ1) is 10.0. The maximum absolute atomic E-state index is 12.3. The van der Waals surface area contributed by atoms with Crippen molar-refractivity contribution in [2.24, 2.45) is 11.8 Å². The second-order valence-corrected chi connectivity index (χ2v) is 6.47. The Morgan fingerprint density at radius 1 is 1.33 bits per heavy atom. The minimum Gasteiger partial charge on any atom is -0.481 e. The van der Waals surface area contributed by atoms with Crippen LogP contribution in [0, 0.1) is 18.8 Å². The fraction of sp³-hybridized carbons (Fsp3) is 0.500. The molecule has 1 fully saturated rings. The summed E-state index contributed by atoms with van der Waals surface area (Å²) in [7, 11) is 0. The highest BCUT2D eigenvalue weighted by Gasteiger charge is 2.30. The molecule has 2 atom stereocenters. The van der Waals surface area contributed by atoms with Gasteiger partial charge in [0.05, 0.1) is 5.92 Å². The first-order valence-corrected chi connectivity index (χ1v) is 8.06. The summed E-state index contributed by atoms with van der Waals surface area (Å²) in [4.78, 5) is 23.5. The summed E-state index contributed by atoms with van der Waals surface area (Å²) in [5, 5.41) is 12.2. The third-order valence-corrected chi connectivity index (χ3v) is 5.12. The molecule has 4 nitrogen and oxygen atoms in total. The number of benzene rings is 1. The van der Waals surface area contributed by atoms with Gasteiger partial charge in [-0.15, -0.1) is 0 Å². The number of rotatable bonds is 4. The van der Waals surface area contributed by atoms with Crippen molar-refractivity contribution in [2.75, 3.05) is 6.54 Å². The van der Waals surface area contributed by atoms with Crippen LogP contribution in [0.15, 0.2) is 22.7 Å². The maximum Gasteiger partial charge on any atom is 0.306 e. The van der Waals surface area contributed by atoms with Crippen LogP contribution in [-0.2, 0) is 4.79 Å². The van der Waals surface area contributed by atoms with E-state index < -0.39 is 5.97 Å². The van der Waals surface area contributed by atoms with Crippen LogP contribution in [0.3, 0.4) is 0 Å². The van der Waals surface area contributed by atoms with Gasteiger partial charge in [0.1, 0.15) is 0 Å². The standard InChI is InChI=1S/C16H20BrNO3/c1-10-12(7-4-8-14(10)17)15(19)18-9-11-5-2-3-6-13(11)16(20)21/h4,7-8,11,13H,2-3,5-6,9H2,1H3,(H,18,19)(H,20,21). The summed E-state index contributed by atoms with van der Waals surface area (Å²) in [6.07, 6.45) is 3.59. The molecule has 0 heterocycles. The average molecular weight is 354 g/mol. The molecule has 0 bridgehead atoms. The fourth-order valence-corrected chi connectivity index (χ4v) is 3.32. The van der Waals surface area contributed by atoms with Crippen LogP contribution in [0.2, 0.25) is 0 Å². The fourth-order valence-electron chi connectivity index (χ4n) is 2.95. The van der Waals surface area contributed by atoms with E-state index in [1.807, 2.05) is 19.1 Å². The number of aliphatic carboxylic acids is 1. The second kappa shape index (κ2) is 7.07. The van der Waals surface area contributed by atoms with Gasteiger partial charge >= 0.3 is 5.97 Å². The van der Waals surface area contributed by atoms with Gasteiger partial charge in [-0.3, -0.25) is 9.59 Å². The Kier molecular flexibility index (Phi) is 5.39. The molecule has 21 heavy (non-hydrogen) atoms. The molecule has 0 aliphatic heterocycles. The zero-order valence-electron chi connectivity index (χ0n) is 12.1. The Balaban J connectivity index is 2.00. The molecule has 1 aromatic carbocycles. The summed E-state index contributed by atoms with van der Waals surface area (Å²) in [6.45, 7) is 2.32. The lowest BCUT2D eigenvalue weighted by atomic mass is 9.79. The minimum atomic E-state index is -0.743. The predicted molar refractivity (Wildman–Crippen MR) is 84.3 cm³/mol. The van der Waals surface area contributed by atoms with Crippen molar-refractivity contribution in [2.45, 2.75) is 32.6 Å². The molecule has 0 spiro atoms. The number of amides is 1. The van der Waals surface area contributed by atoms with Gasteiger partial charge < -0.3 is 10.4 Å². The van der Waals surface area contributed by atoms with E-state index in [-0.39, 0.29) is 17.7 Å². The van der Waals surface area contributed by atoms with E-state index in [1.54, 1.807) is 6.07 Å². The number of nitrogens with one attached hydrogen (secondary N) is 1. The quantitative estimate of drug-likeness (QED) is 0.871. The highest BCUT2D eigenvalue weighted by atomic mass is 79.9. The molecule has 0 radical (unpaired) electrons. The Bertz CT molecular complexity index is 544. The van der Waals surface area contributed by atoms with Gasteiger partial charge in [-0.25, -0.2) is 0 Å². The van der Waals surface area contributed by atoms with Gasteiger partial charge in [-0.1, -0.05) is 34.8 Å². The average Bonchev–Trinajstić information content (AvgIpc) is 2.47. The summed E-state index contributed by atoms with van der Waals surface area (Å²) >= 11 is 3.41. The van der Waals surface area contributed by atoms with Crippen LogP contribution in [0.25, 0.3) is 0 Å². The zero-order chi connectivity index (χ0) is 15.4. The van der Waals surface area contributed by atoms with E-state index in [0.717, 1.165) is 29.3 Å². The van der Waals surface area contributed by atoms with Crippen molar-refractivity contribution in [1.29, 1.82) is 0 Å². The summed E-state index contributed by atoms with van der Waals surface area (Å²) < 4.78 is 0.899. The highest BCUT2D eigenvalue weighted by molar-refractivity contribution is 9.10. The van der Waals surface area contributed by atoms with Crippen molar-refractivity contribution in [3.63, 3.8) is 0 Å². The maximum atomic E-state index is 12.3. The van der Waals surface area contributed by atoms with E-state index in [2.05, 4.69) is 21.2 Å². The van der Waals surface area contributed by atoms with Crippen molar-refractivity contribution in [3.05, 3.63) is 33.8 Å². The van der Waals surface area contributed by atoms with Crippen LogP contribution >= 0.6 is 15.9 Å². The van der Waals surface area contributed by atoms with Crippen LogP contribution in [-0.4, -0.2) is 23.5 Å². The van der Waals surface area contributed by atoms with Crippen LogP contribution in [0.1, 0.15) is 41.6 Å². The largest absolute Gasteiger partial charge is 0.481 e. The SMILES string of the molecule is Cc1c(Br)cccc1C(=O)NCC1CCCCC1C(=O)O. The molecule has 114 valence electrons. The molecule has 1 saturated carbocycles. The molecule has 2 rings (SSSR count). The third kappa shape index (κ3) is 3.84. The first-order valence-electron chi connectivity index (χ1n) is 7.27. The monoisotopic (exact) mass is 353 g/mol. The topological polar surface area (TPSA) is 66.4 Å². The molecule has 1 aliphatic carbocycles. The molecular formula is C16H20BrNO3. The van der Waals surface area contributed by atoms with E-state index in [9.17, 15) is 14.7 Å². The van der Waals surface area contributed by atoms with Crippen molar-refractivity contribution in [1.82, 2.24) is 5.32 Å². The molecule has 2 N–H and O–H groups in total. The summed E-state index contributed by atoms with van der Waals surface area (Å²) in [5.41, 5.74) is 1.53. The van der Waals surface area contributed by atoms with Crippen LogP contribution < -0.4 is 5.32 Å². The second-order valence-electron chi connectivity index (χ2n) is 5.61. The molecule has 0 saturated heterocycles. The van der Waals surface area contributed by atoms with Crippen molar-refractivity contribution < 1.29 is 14.7 Å². The van der Waals surface area contributed by atoms with Crippen LogP contribution in [0.4, 0.5) is 0 Å². The number of carbonyl (C=O) groups excluding carboxylic acids is 1. The van der Waals surface area contributed by atoms with Gasteiger partial charge in [0.2, 0.25) is 0 Å². The Morgan fingerprint density at radius 3 is 2.76 bits per heavy atom. The predicted octanol–water partition coefficient (Wildman–Crippen LogP) is 3.38. The van der Waals surface area contributed by atoms with E-state index in [4.69, 9.17) is 0 Å². The minimum absolute atomic E-state index is 0.0349. The number of hydrogen-bond donors (Lipinski definition) is 2. The molecule has 1 amide bonds. The molecule has 5 heteroatoms. The van der Waals surface area contributed by atoms with Gasteiger partial charge in [0.15, 0.2) is 0 Å².